The second-order valence-corrected chi connectivity index (χ2v) is 6.10. The van der Waals surface area contributed by atoms with Crippen molar-refractivity contribution in [3.05, 3.63) is 0 Å². The fraction of sp³-hybridized carbons (Fsp3) is 0.929. The van der Waals surface area contributed by atoms with Crippen molar-refractivity contribution in [3.8, 4) is 0 Å². The summed E-state index contributed by atoms with van der Waals surface area (Å²) in [7, 11) is 0. The molecular weight excluding hydrogens is 214 g/mol. The Morgan fingerprint density at radius 2 is 1.82 bits per heavy atom. The van der Waals surface area contributed by atoms with Gasteiger partial charge in [0.05, 0.1) is 5.41 Å². The third-order valence-corrected chi connectivity index (χ3v) is 4.66. The highest BCUT2D eigenvalue weighted by atomic mass is 16.4. The molecule has 2 aliphatic rings. The third-order valence-electron chi connectivity index (χ3n) is 4.66. The molecule has 2 fully saturated rings. The Bertz CT molecular complexity index is 263. The van der Waals surface area contributed by atoms with Crippen LogP contribution >= 0.6 is 0 Å². The van der Waals surface area contributed by atoms with Gasteiger partial charge in [-0.1, -0.05) is 13.3 Å². The summed E-state index contributed by atoms with van der Waals surface area (Å²) in [6.07, 6.45) is 7.71. The number of aliphatic carboxylic acids is 1. The van der Waals surface area contributed by atoms with Crippen molar-refractivity contribution in [1.82, 2.24) is 4.90 Å². The average Bonchev–Trinajstić information content (AvgIpc) is 2.33. The first-order valence-electron chi connectivity index (χ1n) is 7.08. The lowest BCUT2D eigenvalue weighted by Gasteiger charge is -2.40. The van der Waals surface area contributed by atoms with Gasteiger partial charge in [-0.3, -0.25) is 4.79 Å². The van der Waals surface area contributed by atoms with Crippen LogP contribution in [-0.2, 0) is 4.79 Å². The lowest BCUT2D eigenvalue weighted by atomic mass is 9.70. The van der Waals surface area contributed by atoms with Crippen molar-refractivity contribution in [3.63, 3.8) is 0 Å². The highest BCUT2D eigenvalue weighted by molar-refractivity contribution is 5.75. The lowest BCUT2D eigenvalue weighted by Crippen LogP contribution is -2.46. The molecule has 0 aromatic carbocycles. The van der Waals surface area contributed by atoms with Crippen molar-refractivity contribution in [2.75, 3.05) is 19.6 Å². The minimum atomic E-state index is -0.560. The van der Waals surface area contributed by atoms with Crippen LogP contribution in [0.4, 0.5) is 0 Å². The molecule has 3 heteroatoms. The maximum Gasteiger partial charge on any atom is 0.310 e. The molecule has 0 spiro atoms. The Morgan fingerprint density at radius 1 is 1.24 bits per heavy atom. The zero-order valence-corrected chi connectivity index (χ0v) is 11.0. The van der Waals surface area contributed by atoms with Crippen molar-refractivity contribution in [2.45, 2.75) is 51.9 Å². The standard InChI is InChI=1S/C14H25NO2/c1-12-5-7-14(8-6-12,13(16)17)11-15-9-3-2-4-10-15/h12H,2-11H2,1H3,(H,16,17). The molecule has 1 N–H and O–H groups in total. The molecule has 0 bridgehead atoms. The highest BCUT2D eigenvalue weighted by Gasteiger charge is 2.42. The van der Waals surface area contributed by atoms with Crippen LogP contribution in [0.25, 0.3) is 0 Å². The second-order valence-electron chi connectivity index (χ2n) is 6.10. The van der Waals surface area contributed by atoms with Crippen molar-refractivity contribution in [1.29, 1.82) is 0 Å². The number of carboxylic acids is 1. The predicted molar refractivity (Wildman–Crippen MR) is 68.0 cm³/mol. The van der Waals surface area contributed by atoms with E-state index >= 15 is 0 Å². The topological polar surface area (TPSA) is 40.5 Å². The fourth-order valence-electron chi connectivity index (χ4n) is 3.30. The smallest absolute Gasteiger partial charge is 0.310 e. The normalized spacial score (nSPS) is 35.7. The Hall–Kier alpha value is -0.570. The first-order valence-corrected chi connectivity index (χ1v) is 7.08. The van der Waals surface area contributed by atoms with E-state index in [0.717, 1.165) is 45.3 Å². The van der Waals surface area contributed by atoms with Gasteiger partial charge in [0.25, 0.3) is 0 Å². The first-order chi connectivity index (χ1) is 8.12. The maximum absolute atomic E-state index is 11.6. The van der Waals surface area contributed by atoms with Crippen LogP contribution in [0.3, 0.4) is 0 Å². The van der Waals surface area contributed by atoms with Crippen LogP contribution < -0.4 is 0 Å². The molecule has 3 nitrogen and oxygen atoms in total. The van der Waals surface area contributed by atoms with Gasteiger partial charge >= 0.3 is 5.97 Å². The molecule has 1 heterocycles. The van der Waals surface area contributed by atoms with Gasteiger partial charge < -0.3 is 10.0 Å². The SMILES string of the molecule is CC1CCC(CN2CCCCC2)(C(=O)O)CC1. The van der Waals surface area contributed by atoms with Gasteiger partial charge in [-0.15, -0.1) is 0 Å². The number of carboxylic acid groups (broad SMARTS) is 1. The van der Waals surface area contributed by atoms with Gasteiger partial charge in [0.2, 0.25) is 0 Å². The van der Waals surface area contributed by atoms with Crippen LogP contribution in [0.1, 0.15) is 51.9 Å². The Labute approximate surface area is 104 Å². The summed E-state index contributed by atoms with van der Waals surface area (Å²) >= 11 is 0. The number of piperidine rings is 1. The maximum atomic E-state index is 11.6. The van der Waals surface area contributed by atoms with Crippen LogP contribution in [0.2, 0.25) is 0 Å². The molecule has 0 unspecified atom stereocenters. The van der Waals surface area contributed by atoms with Crippen LogP contribution in [0.15, 0.2) is 0 Å². The molecule has 1 aliphatic carbocycles. The van der Waals surface area contributed by atoms with Gasteiger partial charge in [0, 0.05) is 6.54 Å². The summed E-state index contributed by atoms with van der Waals surface area (Å²) in [6, 6.07) is 0. The third kappa shape index (κ3) is 3.01. The zero-order chi connectivity index (χ0) is 12.3. The van der Waals surface area contributed by atoms with E-state index in [-0.39, 0.29) is 0 Å². The largest absolute Gasteiger partial charge is 0.481 e. The summed E-state index contributed by atoms with van der Waals surface area (Å²) in [6.45, 7) is 5.23. The molecule has 0 radical (unpaired) electrons. The molecule has 0 aromatic rings. The van der Waals surface area contributed by atoms with E-state index in [1.54, 1.807) is 0 Å². The van der Waals surface area contributed by atoms with Gasteiger partial charge in [0.15, 0.2) is 0 Å². The number of carbonyl (C=O) groups is 1. The number of hydrogen-bond acceptors (Lipinski definition) is 2. The molecule has 17 heavy (non-hydrogen) atoms. The van der Waals surface area contributed by atoms with E-state index in [1.807, 2.05) is 0 Å². The summed E-state index contributed by atoms with van der Waals surface area (Å²) in [5.41, 5.74) is -0.441. The monoisotopic (exact) mass is 239 g/mol. The Kier molecular flexibility index (Phi) is 4.08. The van der Waals surface area contributed by atoms with E-state index in [2.05, 4.69) is 11.8 Å². The first kappa shape index (κ1) is 12.9. The van der Waals surface area contributed by atoms with Gasteiger partial charge in [-0.05, 0) is 57.5 Å². The molecule has 1 saturated heterocycles. The summed E-state index contributed by atoms with van der Waals surface area (Å²) in [5.74, 6) is 0.152. The second kappa shape index (κ2) is 5.38. The van der Waals surface area contributed by atoms with Gasteiger partial charge in [0.1, 0.15) is 0 Å². The minimum Gasteiger partial charge on any atom is -0.481 e. The Morgan fingerprint density at radius 3 is 2.35 bits per heavy atom. The molecule has 0 aromatic heterocycles. The van der Waals surface area contributed by atoms with Gasteiger partial charge in [-0.25, -0.2) is 0 Å². The molecule has 98 valence electrons. The highest BCUT2D eigenvalue weighted by Crippen LogP contribution is 2.40. The minimum absolute atomic E-state index is 0.441. The number of hydrogen-bond donors (Lipinski definition) is 1. The summed E-state index contributed by atoms with van der Waals surface area (Å²) in [5, 5.41) is 9.58. The zero-order valence-electron chi connectivity index (χ0n) is 11.0. The fourth-order valence-corrected chi connectivity index (χ4v) is 3.30. The number of likely N-dealkylation sites (tertiary alicyclic amines) is 1. The predicted octanol–water partition coefficient (Wildman–Crippen LogP) is 2.75. The number of nitrogens with zero attached hydrogens (tertiary/aromatic N) is 1. The lowest BCUT2D eigenvalue weighted by molar-refractivity contribution is -0.153. The van der Waals surface area contributed by atoms with E-state index in [0.29, 0.717) is 5.92 Å². The molecule has 0 atom stereocenters. The molecule has 1 aliphatic heterocycles. The molecular formula is C14H25NO2. The van der Waals surface area contributed by atoms with Crippen LogP contribution in [-0.4, -0.2) is 35.6 Å². The van der Waals surface area contributed by atoms with Gasteiger partial charge in [-0.2, -0.15) is 0 Å². The quantitative estimate of drug-likeness (QED) is 0.823. The van der Waals surface area contributed by atoms with Crippen molar-refractivity contribution < 1.29 is 9.90 Å². The van der Waals surface area contributed by atoms with E-state index in [9.17, 15) is 9.90 Å². The molecule has 2 rings (SSSR count). The van der Waals surface area contributed by atoms with Crippen molar-refractivity contribution in [2.24, 2.45) is 11.3 Å². The summed E-state index contributed by atoms with van der Waals surface area (Å²) < 4.78 is 0. The van der Waals surface area contributed by atoms with Crippen LogP contribution in [0.5, 0.6) is 0 Å². The molecule has 1 saturated carbocycles. The number of rotatable bonds is 3. The Balaban J connectivity index is 1.98. The van der Waals surface area contributed by atoms with Crippen molar-refractivity contribution >= 4 is 5.97 Å². The average molecular weight is 239 g/mol. The van der Waals surface area contributed by atoms with E-state index < -0.39 is 11.4 Å². The summed E-state index contributed by atoms with van der Waals surface area (Å²) in [4.78, 5) is 14.0. The molecule has 0 amide bonds. The van der Waals surface area contributed by atoms with Crippen LogP contribution in [0, 0.1) is 11.3 Å². The van der Waals surface area contributed by atoms with E-state index in [1.165, 1.54) is 19.3 Å². The van der Waals surface area contributed by atoms with E-state index in [4.69, 9.17) is 0 Å².